The summed E-state index contributed by atoms with van der Waals surface area (Å²) in [5.74, 6) is -0.825. The van der Waals surface area contributed by atoms with Crippen molar-refractivity contribution in [3.63, 3.8) is 0 Å². The minimum absolute atomic E-state index is 0.534. The number of aliphatic carboxylic acids is 1. The Balaban J connectivity index is 2.26. The second kappa shape index (κ2) is 2.44. The first-order valence-electron chi connectivity index (χ1n) is 4.29. The molecule has 3 fully saturated rings. The fourth-order valence-electron chi connectivity index (χ4n) is 2.24. The predicted molar refractivity (Wildman–Crippen MR) is 41.7 cm³/mol. The van der Waals surface area contributed by atoms with Gasteiger partial charge in [0.2, 0.25) is 0 Å². The van der Waals surface area contributed by atoms with Crippen molar-refractivity contribution in [1.82, 2.24) is 4.90 Å². The van der Waals surface area contributed by atoms with E-state index in [1.165, 1.54) is 0 Å². The average Bonchev–Trinajstić information content (AvgIpc) is 2.05. The van der Waals surface area contributed by atoms with E-state index in [9.17, 15) is 9.90 Å². The Morgan fingerprint density at radius 1 is 1.42 bits per heavy atom. The van der Waals surface area contributed by atoms with E-state index in [2.05, 4.69) is 4.90 Å². The molecule has 4 heteroatoms. The van der Waals surface area contributed by atoms with Crippen molar-refractivity contribution in [3.8, 4) is 0 Å². The third-order valence-electron chi connectivity index (χ3n) is 3.24. The number of hydrogen-bond acceptors (Lipinski definition) is 3. The highest BCUT2D eigenvalue weighted by Gasteiger charge is 2.51. The highest BCUT2D eigenvalue weighted by atomic mass is 16.4. The fraction of sp³-hybridized carbons (Fsp3) is 0.875. The number of fused-ring (bicyclic) bond motifs is 3. The van der Waals surface area contributed by atoms with Crippen molar-refractivity contribution in [1.29, 1.82) is 0 Å². The minimum Gasteiger partial charge on any atom is -0.481 e. The van der Waals surface area contributed by atoms with Gasteiger partial charge in [-0.15, -0.1) is 0 Å². The van der Waals surface area contributed by atoms with Crippen molar-refractivity contribution < 1.29 is 15.0 Å². The van der Waals surface area contributed by atoms with E-state index in [0.717, 1.165) is 13.1 Å². The molecule has 1 unspecified atom stereocenters. The first-order chi connectivity index (χ1) is 5.65. The topological polar surface area (TPSA) is 60.8 Å². The summed E-state index contributed by atoms with van der Waals surface area (Å²) < 4.78 is 0. The van der Waals surface area contributed by atoms with E-state index in [1.54, 1.807) is 0 Å². The molecule has 3 heterocycles. The maximum atomic E-state index is 11.0. The molecule has 68 valence electrons. The third kappa shape index (κ3) is 0.881. The van der Waals surface area contributed by atoms with E-state index in [4.69, 9.17) is 5.11 Å². The zero-order chi connectivity index (χ0) is 8.77. The molecule has 3 saturated heterocycles. The largest absolute Gasteiger partial charge is 0.481 e. The van der Waals surface area contributed by atoms with Crippen LogP contribution in [0.2, 0.25) is 0 Å². The predicted octanol–water partition coefficient (Wildman–Crippen LogP) is -0.472. The van der Waals surface area contributed by atoms with E-state index >= 15 is 0 Å². The van der Waals surface area contributed by atoms with Gasteiger partial charge in [-0.3, -0.25) is 4.79 Å². The lowest BCUT2D eigenvalue weighted by atomic mass is 9.70. The maximum absolute atomic E-state index is 11.0. The standard InChI is InChI=1S/C8H13NO3/c10-6-5-9-3-1-8(6,2-4-9)7(11)12/h6,10H,1-5H2,(H,11,12). The molecule has 0 saturated carbocycles. The van der Waals surface area contributed by atoms with Gasteiger partial charge in [-0.1, -0.05) is 0 Å². The van der Waals surface area contributed by atoms with Gasteiger partial charge < -0.3 is 15.1 Å². The van der Waals surface area contributed by atoms with Gasteiger partial charge in [-0.25, -0.2) is 0 Å². The number of hydrogen-bond donors (Lipinski definition) is 2. The summed E-state index contributed by atoms with van der Waals surface area (Å²) in [6.45, 7) is 2.18. The van der Waals surface area contributed by atoms with Crippen molar-refractivity contribution in [2.45, 2.75) is 18.9 Å². The van der Waals surface area contributed by atoms with Crippen LogP contribution in [0.4, 0.5) is 0 Å². The summed E-state index contributed by atoms with van der Waals surface area (Å²) in [6.07, 6.45) is 0.532. The van der Waals surface area contributed by atoms with Crippen LogP contribution in [-0.2, 0) is 4.79 Å². The SMILES string of the molecule is O=C(O)C12CCN(CC1)CC2O. The molecule has 2 bridgehead atoms. The number of aliphatic hydroxyl groups is 1. The summed E-state index contributed by atoms with van der Waals surface area (Å²) in [5, 5.41) is 18.6. The summed E-state index contributed by atoms with van der Waals surface area (Å²) in [7, 11) is 0. The monoisotopic (exact) mass is 171 g/mol. The van der Waals surface area contributed by atoms with Gasteiger partial charge in [-0.2, -0.15) is 0 Å². The van der Waals surface area contributed by atoms with Crippen LogP contribution in [0.5, 0.6) is 0 Å². The second-order valence-electron chi connectivity index (χ2n) is 3.78. The number of nitrogens with zero attached hydrogens (tertiary/aromatic N) is 1. The fourth-order valence-corrected chi connectivity index (χ4v) is 2.24. The molecular weight excluding hydrogens is 158 g/mol. The molecule has 0 aromatic rings. The van der Waals surface area contributed by atoms with Crippen molar-refractivity contribution in [2.75, 3.05) is 19.6 Å². The van der Waals surface area contributed by atoms with Crippen LogP contribution >= 0.6 is 0 Å². The van der Waals surface area contributed by atoms with Gasteiger partial charge in [0.25, 0.3) is 0 Å². The van der Waals surface area contributed by atoms with Crippen molar-refractivity contribution in [3.05, 3.63) is 0 Å². The van der Waals surface area contributed by atoms with Crippen molar-refractivity contribution in [2.24, 2.45) is 5.41 Å². The molecule has 0 spiro atoms. The number of aliphatic hydroxyl groups excluding tert-OH is 1. The first kappa shape index (κ1) is 8.01. The molecule has 4 nitrogen and oxygen atoms in total. The van der Waals surface area contributed by atoms with Gasteiger partial charge in [0.1, 0.15) is 0 Å². The minimum atomic E-state index is -0.825. The summed E-state index contributed by atoms with van der Waals surface area (Å²) in [6, 6.07) is 0. The normalized spacial score (nSPS) is 46.1. The molecule has 1 atom stereocenters. The number of carboxylic acids is 1. The molecule has 12 heavy (non-hydrogen) atoms. The van der Waals surface area contributed by atoms with E-state index in [-0.39, 0.29) is 0 Å². The molecular formula is C8H13NO3. The lowest BCUT2D eigenvalue weighted by Gasteiger charge is -2.48. The van der Waals surface area contributed by atoms with Crippen LogP contribution < -0.4 is 0 Å². The lowest BCUT2D eigenvalue weighted by Crippen LogP contribution is -2.60. The van der Waals surface area contributed by atoms with E-state index in [1.807, 2.05) is 0 Å². The number of rotatable bonds is 1. The summed E-state index contributed by atoms with van der Waals surface area (Å²) in [4.78, 5) is 13.1. The second-order valence-corrected chi connectivity index (χ2v) is 3.78. The Labute approximate surface area is 70.8 Å². The highest BCUT2D eigenvalue weighted by Crippen LogP contribution is 2.40. The van der Waals surface area contributed by atoms with Crippen LogP contribution in [0.1, 0.15) is 12.8 Å². The molecule has 0 aromatic heterocycles. The molecule has 0 radical (unpaired) electrons. The van der Waals surface area contributed by atoms with Crippen molar-refractivity contribution >= 4 is 5.97 Å². The van der Waals surface area contributed by atoms with Gasteiger partial charge in [0.05, 0.1) is 11.5 Å². The van der Waals surface area contributed by atoms with Crippen LogP contribution in [0.15, 0.2) is 0 Å². The number of piperidine rings is 3. The number of carbonyl (C=O) groups is 1. The molecule has 3 aliphatic heterocycles. The number of carboxylic acid groups (broad SMARTS) is 1. The zero-order valence-electron chi connectivity index (χ0n) is 6.86. The highest BCUT2D eigenvalue weighted by molar-refractivity contribution is 5.76. The Bertz CT molecular complexity index is 208. The zero-order valence-corrected chi connectivity index (χ0v) is 6.86. The molecule has 2 N–H and O–H groups in total. The quantitative estimate of drug-likeness (QED) is 0.560. The summed E-state index contributed by atoms with van der Waals surface area (Å²) >= 11 is 0. The van der Waals surface area contributed by atoms with Crippen LogP contribution in [-0.4, -0.2) is 46.8 Å². The van der Waals surface area contributed by atoms with Crippen LogP contribution in [0.3, 0.4) is 0 Å². The Morgan fingerprint density at radius 2 is 2.00 bits per heavy atom. The Hall–Kier alpha value is -0.610. The van der Waals surface area contributed by atoms with E-state index in [0.29, 0.717) is 19.4 Å². The molecule has 0 aliphatic carbocycles. The lowest BCUT2D eigenvalue weighted by molar-refractivity contribution is -0.172. The average molecular weight is 171 g/mol. The van der Waals surface area contributed by atoms with Gasteiger partial charge in [-0.05, 0) is 25.9 Å². The van der Waals surface area contributed by atoms with Gasteiger partial charge in [0.15, 0.2) is 0 Å². The molecule has 3 rings (SSSR count). The third-order valence-corrected chi connectivity index (χ3v) is 3.24. The molecule has 0 amide bonds. The van der Waals surface area contributed by atoms with Gasteiger partial charge >= 0.3 is 5.97 Å². The van der Waals surface area contributed by atoms with Crippen LogP contribution in [0, 0.1) is 5.41 Å². The van der Waals surface area contributed by atoms with Gasteiger partial charge in [0, 0.05) is 6.54 Å². The Morgan fingerprint density at radius 3 is 2.33 bits per heavy atom. The molecule has 0 aromatic carbocycles. The van der Waals surface area contributed by atoms with Crippen LogP contribution in [0.25, 0.3) is 0 Å². The maximum Gasteiger partial charge on any atom is 0.312 e. The molecule has 3 aliphatic rings. The Kier molecular flexibility index (Phi) is 1.63. The first-order valence-corrected chi connectivity index (χ1v) is 4.29. The van der Waals surface area contributed by atoms with E-state index < -0.39 is 17.5 Å². The summed E-state index contributed by atoms with van der Waals surface area (Å²) in [5.41, 5.74) is -0.825. The smallest absolute Gasteiger partial charge is 0.312 e.